The highest BCUT2D eigenvalue weighted by molar-refractivity contribution is 5.86. The second-order valence-electron chi connectivity index (χ2n) is 2.95. The van der Waals surface area contributed by atoms with Crippen molar-refractivity contribution in [2.75, 3.05) is 6.54 Å². The SMILES string of the molecule is C=CCNCc1cc(C)c(C(=O)O)o1. The first kappa shape index (κ1) is 10.5. The van der Waals surface area contributed by atoms with Crippen LogP contribution in [0.2, 0.25) is 0 Å². The van der Waals surface area contributed by atoms with Gasteiger partial charge in [-0.25, -0.2) is 4.79 Å². The van der Waals surface area contributed by atoms with Gasteiger partial charge in [-0.15, -0.1) is 6.58 Å². The van der Waals surface area contributed by atoms with E-state index in [4.69, 9.17) is 9.52 Å². The van der Waals surface area contributed by atoms with Gasteiger partial charge in [-0.2, -0.15) is 0 Å². The Balaban J connectivity index is 2.66. The Morgan fingerprint density at radius 2 is 2.50 bits per heavy atom. The van der Waals surface area contributed by atoms with Crippen LogP contribution in [0.3, 0.4) is 0 Å². The monoisotopic (exact) mass is 195 g/mol. The highest BCUT2D eigenvalue weighted by Gasteiger charge is 2.13. The number of carbonyl (C=O) groups is 1. The number of aromatic carboxylic acids is 1. The molecule has 0 aromatic carbocycles. The van der Waals surface area contributed by atoms with Gasteiger partial charge in [0.05, 0.1) is 6.54 Å². The summed E-state index contributed by atoms with van der Waals surface area (Å²) in [6.45, 7) is 6.45. The molecule has 0 aliphatic carbocycles. The predicted octanol–water partition coefficient (Wildman–Crippen LogP) is 1.56. The molecule has 0 aliphatic heterocycles. The maximum Gasteiger partial charge on any atom is 0.372 e. The number of rotatable bonds is 5. The van der Waals surface area contributed by atoms with Gasteiger partial charge in [0.25, 0.3) is 0 Å². The van der Waals surface area contributed by atoms with Crippen molar-refractivity contribution in [3.05, 3.63) is 35.8 Å². The minimum Gasteiger partial charge on any atom is -0.475 e. The zero-order valence-corrected chi connectivity index (χ0v) is 8.04. The van der Waals surface area contributed by atoms with Gasteiger partial charge in [-0.05, 0) is 13.0 Å². The molecule has 0 radical (unpaired) electrons. The standard InChI is InChI=1S/C10H13NO3/c1-3-4-11-6-8-5-7(2)9(14-8)10(12)13/h3,5,11H,1,4,6H2,2H3,(H,12,13). The van der Waals surface area contributed by atoms with Crippen molar-refractivity contribution in [3.63, 3.8) is 0 Å². The first-order valence-electron chi connectivity index (χ1n) is 4.29. The van der Waals surface area contributed by atoms with Crippen LogP contribution in [0.5, 0.6) is 0 Å². The van der Waals surface area contributed by atoms with Gasteiger partial charge in [0.2, 0.25) is 5.76 Å². The molecule has 0 saturated heterocycles. The lowest BCUT2D eigenvalue weighted by atomic mass is 10.2. The van der Waals surface area contributed by atoms with Crippen LogP contribution in [0.4, 0.5) is 0 Å². The zero-order valence-electron chi connectivity index (χ0n) is 8.04. The number of aryl methyl sites for hydroxylation is 1. The molecule has 2 N–H and O–H groups in total. The Hall–Kier alpha value is -1.55. The molecule has 0 spiro atoms. The molecule has 0 atom stereocenters. The van der Waals surface area contributed by atoms with Crippen molar-refractivity contribution in [2.45, 2.75) is 13.5 Å². The first-order chi connectivity index (χ1) is 6.65. The van der Waals surface area contributed by atoms with Crippen molar-refractivity contribution in [3.8, 4) is 0 Å². The quantitative estimate of drug-likeness (QED) is 0.553. The van der Waals surface area contributed by atoms with E-state index < -0.39 is 5.97 Å². The van der Waals surface area contributed by atoms with E-state index in [2.05, 4.69) is 11.9 Å². The smallest absolute Gasteiger partial charge is 0.372 e. The van der Waals surface area contributed by atoms with Crippen molar-refractivity contribution in [1.29, 1.82) is 0 Å². The zero-order chi connectivity index (χ0) is 10.6. The molecule has 4 nitrogen and oxygen atoms in total. The maximum atomic E-state index is 10.6. The second kappa shape index (κ2) is 4.62. The molecule has 0 amide bonds. The summed E-state index contributed by atoms with van der Waals surface area (Å²) >= 11 is 0. The van der Waals surface area contributed by atoms with Crippen LogP contribution in [0.25, 0.3) is 0 Å². The molecule has 1 aromatic heterocycles. The maximum absolute atomic E-state index is 10.6. The van der Waals surface area contributed by atoms with Gasteiger partial charge in [0, 0.05) is 12.1 Å². The van der Waals surface area contributed by atoms with E-state index in [-0.39, 0.29) is 5.76 Å². The molecule has 1 rings (SSSR count). The van der Waals surface area contributed by atoms with E-state index in [1.54, 1.807) is 19.1 Å². The number of carboxylic acid groups (broad SMARTS) is 1. The average Bonchev–Trinajstić information content (AvgIpc) is 2.47. The fourth-order valence-electron chi connectivity index (χ4n) is 1.14. The van der Waals surface area contributed by atoms with Gasteiger partial charge in [0.1, 0.15) is 5.76 Å². The number of hydrogen-bond acceptors (Lipinski definition) is 3. The summed E-state index contributed by atoms with van der Waals surface area (Å²) in [5.74, 6) is -0.389. The molecule has 1 aromatic rings. The van der Waals surface area contributed by atoms with Gasteiger partial charge in [-0.1, -0.05) is 6.08 Å². The normalized spacial score (nSPS) is 10.1. The largest absolute Gasteiger partial charge is 0.475 e. The average molecular weight is 195 g/mol. The summed E-state index contributed by atoms with van der Waals surface area (Å²) in [7, 11) is 0. The lowest BCUT2D eigenvalue weighted by Crippen LogP contribution is -2.11. The van der Waals surface area contributed by atoms with E-state index in [9.17, 15) is 4.79 Å². The Morgan fingerprint density at radius 1 is 1.79 bits per heavy atom. The summed E-state index contributed by atoms with van der Waals surface area (Å²) in [6.07, 6.45) is 1.73. The lowest BCUT2D eigenvalue weighted by molar-refractivity contribution is 0.0659. The van der Waals surface area contributed by atoms with Gasteiger partial charge in [-0.3, -0.25) is 0 Å². The van der Waals surface area contributed by atoms with Crippen LogP contribution in [-0.4, -0.2) is 17.6 Å². The van der Waals surface area contributed by atoms with E-state index >= 15 is 0 Å². The van der Waals surface area contributed by atoms with Crippen LogP contribution in [0.1, 0.15) is 21.9 Å². The van der Waals surface area contributed by atoms with Crippen LogP contribution >= 0.6 is 0 Å². The number of nitrogens with one attached hydrogen (secondary N) is 1. The summed E-state index contributed by atoms with van der Waals surface area (Å²) < 4.78 is 5.13. The molecule has 76 valence electrons. The van der Waals surface area contributed by atoms with Crippen LogP contribution in [-0.2, 0) is 6.54 Å². The minimum absolute atomic E-state index is 0.0143. The molecular formula is C10H13NO3. The Kier molecular flexibility index (Phi) is 3.48. The van der Waals surface area contributed by atoms with Crippen LogP contribution < -0.4 is 5.32 Å². The third kappa shape index (κ3) is 2.47. The van der Waals surface area contributed by atoms with Crippen molar-refractivity contribution in [1.82, 2.24) is 5.32 Å². The molecule has 1 heterocycles. The summed E-state index contributed by atoms with van der Waals surface area (Å²) in [5.41, 5.74) is 0.646. The molecule has 0 aliphatic rings. The van der Waals surface area contributed by atoms with E-state index in [0.717, 1.165) is 0 Å². The minimum atomic E-state index is -1.03. The third-order valence-electron chi connectivity index (χ3n) is 1.75. The molecule has 14 heavy (non-hydrogen) atoms. The predicted molar refractivity (Wildman–Crippen MR) is 52.3 cm³/mol. The molecule has 0 fully saturated rings. The molecular weight excluding hydrogens is 182 g/mol. The van der Waals surface area contributed by atoms with E-state index in [1.807, 2.05) is 0 Å². The summed E-state index contributed by atoms with van der Waals surface area (Å²) in [6, 6.07) is 1.72. The molecule has 0 unspecified atom stereocenters. The first-order valence-corrected chi connectivity index (χ1v) is 4.29. The molecule has 4 heteroatoms. The second-order valence-corrected chi connectivity index (χ2v) is 2.95. The van der Waals surface area contributed by atoms with Crippen molar-refractivity contribution >= 4 is 5.97 Å². The van der Waals surface area contributed by atoms with Crippen LogP contribution in [0.15, 0.2) is 23.1 Å². The van der Waals surface area contributed by atoms with Gasteiger partial charge in [0.15, 0.2) is 0 Å². The summed E-state index contributed by atoms with van der Waals surface area (Å²) in [5, 5.41) is 11.7. The molecule has 0 bridgehead atoms. The van der Waals surface area contributed by atoms with E-state index in [1.165, 1.54) is 0 Å². The third-order valence-corrected chi connectivity index (χ3v) is 1.75. The van der Waals surface area contributed by atoms with Crippen LogP contribution in [0, 0.1) is 6.92 Å². The Bertz CT molecular complexity index is 341. The highest BCUT2D eigenvalue weighted by Crippen LogP contribution is 2.14. The number of hydrogen-bond donors (Lipinski definition) is 2. The van der Waals surface area contributed by atoms with Gasteiger partial charge < -0.3 is 14.8 Å². The van der Waals surface area contributed by atoms with Crippen molar-refractivity contribution in [2.24, 2.45) is 0 Å². The number of carboxylic acids is 1. The lowest BCUT2D eigenvalue weighted by Gasteiger charge is -1.96. The highest BCUT2D eigenvalue weighted by atomic mass is 16.4. The number of furan rings is 1. The van der Waals surface area contributed by atoms with Gasteiger partial charge >= 0.3 is 5.97 Å². The Labute approximate surface area is 82.2 Å². The topological polar surface area (TPSA) is 62.5 Å². The fourth-order valence-corrected chi connectivity index (χ4v) is 1.14. The molecule has 0 saturated carbocycles. The fraction of sp³-hybridized carbons (Fsp3) is 0.300. The summed E-state index contributed by atoms with van der Waals surface area (Å²) in [4.78, 5) is 10.6. The Morgan fingerprint density at radius 3 is 3.00 bits per heavy atom. The van der Waals surface area contributed by atoms with E-state index in [0.29, 0.717) is 24.4 Å². The van der Waals surface area contributed by atoms with Crippen molar-refractivity contribution < 1.29 is 14.3 Å².